The Labute approximate surface area is 169 Å². The van der Waals surface area contributed by atoms with Gasteiger partial charge in [0, 0.05) is 23.8 Å². The molecular weight excluding hydrogens is 358 g/mol. The van der Waals surface area contributed by atoms with E-state index in [0.717, 1.165) is 64.3 Å². The molecule has 1 N–H and O–H groups in total. The Morgan fingerprint density at radius 2 is 1.69 bits per heavy atom. The molecule has 3 aromatic carbocycles. The van der Waals surface area contributed by atoms with Crippen LogP contribution in [0.3, 0.4) is 0 Å². The number of imidazole rings is 1. The topological polar surface area (TPSA) is 41.9 Å². The van der Waals surface area contributed by atoms with Crippen LogP contribution in [0.1, 0.15) is 31.2 Å². The highest BCUT2D eigenvalue weighted by atomic mass is 16.5. The van der Waals surface area contributed by atoms with Gasteiger partial charge in [-0.2, -0.15) is 0 Å². The molecule has 144 valence electrons. The summed E-state index contributed by atoms with van der Waals surface area (Å²) in [5.74, 6) is 1.08. The third-order valence-electron chi connectivity index (χ3n) is 5.62. The number of unbranched alkanes of at least 4 members (excludes halogenated alkanes) is 1. The van der Waals surface area contributed by atoms with Gasteiger partial charge >= 0.3 is 0 Å². The molecule has 29 heavy (non-hydrogen) atoms. The molecule has 0 aliphatic carbocycles. The van der Waals surface area contributed by atoms with Crippen LogP contribution in [0.5, 0.6) is 0 Å². The van der Waals surface area contributed by atoms with Crippen molar-refractivity contribution in [3.8, 4) is 0 Å². The largest absolute Gasteiger partial charge is 0.323 e. The molecule has 0 unspecified atom stereocenters. The van der Waals surface area contributed by atoms with Crippen LogP contribution in [-0.2, 0) is 13.0 Å². The summed E-state index contributed by atoms with van der Waals surface area (Å²) in [5.41, 5.74) is 3.97. The maximum absolute atomic E-state index is 10.7. The highest BCUT2D eigenvalue weighted by Crippen LogP contribution is 2.29. The Morgan fingerprint density at radius 1 is 0.966 bits per heavy atom. The fourth-order valence-corrected chi connectivity index (χ4v) is 4.15. The van der Waals surface area contributed by atoms with E-state index in [0.29, 0.717) is 0 Å². The lowest BCUT2D eigenvalue weighted by molar-refractivity contribution is -0.883. The van der Waals surface area contributed by atoms with Crippen LogP contribution in [0.15, 0.2) is 72.9 Å². The Kier molecular flexibility index (Phi) is 4.39. The Morgan fingerprint density at radius 3 is 2.45 bits per heavy atom. The van der Waals surface area contributed by atoms with E-state index in [1.54, 1.807) is 6.20 Å². The summed E-state index contributed by atoms with van der Waals surface area (Å²) >= 11 is 0. The lowest BCUT2D eigenvalue weighted by Gasteiger charge is -2.10. The van der Waals surface area contributed by atoms with E-state index < -0.39 is 0 Å². The van der Waals surface area contributed by atoms with Gasteiger partial charge in [0.05, 0.1) is 10.9 Å². The molecule has 4 nitrogen and oxygen atoms in total. The van der Waals surface area contributed by atoms with Gasteiger partial charge in [-0.1, -0.05) is 67.9 Å². The van der Waals surface area contributed by atoms with Gasteiger partial charge in [0.1, 0.15) is 5.82 Å². The average molecular weight is 382 g/mol. The molecule has 0 amide bonds. The van der Waals surface area contributed by atoms with Gasteiger partial charge in [-0.25, -0.2) is 4.98 Å². The molecule has 0 aliphatic rings. The molecule has 2 heterocycles. The molecule has 0 fully saturated rings. The SMILES string of the molecule is CCCCc1nc2c[n+](O)c3cc4ccccc4cc3c2n1Cc1ccccc1. The highest BCUT2D eigenvalue weighted by molar-refractivity contribution is 6.06. The van der Waals surface area contributed by atoms with E-state index in [1.165, 1.54) is 10.3 Å². The summed E-state index contributed by atoms with van der Waals surface area (Å²) in [6, 6.07) is 23.0. The van der Waals surface area contributed by atoms with Crippen molar-refractivity contribution in [2.45, 2.75) is 32.7 Å². The first-order chi connectivity index (χ1) is 14.2. The molecule has 5 aromatic rings. The Balaban J connectivity index is 1.82. The number of hydrogen-bond acceptors (Lipinski definition) is 2. The number of pyridine rings is 1. The van der Waals surface area contributed by atoms with E-state index in [1.807, 2.05) is 12.1 Å². The summed E-state index contributed by atoms with van der Waals surface area (Å²) in [4.78, 5) is 4.92. The van der Waals surface area contributed by atoms with Crippen LogP contribution in [0.25, 0.3) is 32.7 Å². The van der Waals surface area contributed by atoms with Crippen molar-refractivity contribution in [1.29, 1.82) is 0 Å². The average Bonchev–Trinajstić information content (AvgIpc) is 3.09. The number of fused-ring (bicyclic) bond motifs is 4. The van der Waals surface area contributed by atoms with Crippen molar-refractivity contribution < 1.29 is 9.94 Å². The quantitative estimate of drug-likeness (QED) is 0.256. The van der Waals surface area contributed by atoms with E-state index >= 15 is 0 Å². The van der Waals surface area contributed by atoms with E-state index in [9.17, 15) is 5.21 Å². The second kappa shape index (κ2) is 7.21. The van der Waals surface area contributed by atoms with E-state index in [-0.39, 0.29) is 0 Å². The lowest BCUT2D eigenvalue weighted by Crippen LogP contribution is -2.30. The van der Waals surface area contributed by atoms with Crippen LogP contribution in [0.2, 0.25) is 0 Å². The summed E-state index contributed by atoms with van der Waals surface area (Å²) in [6.45, 7) is 2.97. The maximum atomic E-state index is 10.7. The second-order valence-electron chi connectivity index (χ2n) is 7.63. The molecule has 0 saturated heterocycles. The first kappa shape index (κ1) is 17.7. The number of aryl methyl sites for hydroxylation is 1. The van der Waals surface area contributed by atoms with Crippen LogP contribution >= 0.6 is 0 Å². The standard InChI is InChI=1S/C25H24N3O/c1-2-3-13-24-26-22-17-28(29)23-15-20-12-8-7-11-19(20)14-21(23)25(22)27(24)16-18-9-5-4-6-10-18/h4-12,14-15,17,29H,2-3,13,16H2,1H3/q+1. The highest BCUT2D eigenvalue weighted by Gasteiger charge is 2.21. The molecule has 0 radical (unpaired) electrons. The minimum absolute atomic E-state index is 0.772. The smallest absolute Gasteiger partial charge is 0.267 e. The van der Waals surface area contributed by atoms with Gasteiger partial charge in [0.25, 0.3) is 11.7 Å². The van der Waals surface area contributed by atoms with Gasteiger partial charge < -0.3 is 4.57 Å². The third-order valence-corrected chi connectivity index (χ3v) is 5.62. The van der Waals surface area contributed by atoms with Gasteiger partial charge in [-0.3, -0.25) is 5.21 Å². The summed E-state index contributed by atoms with van der Waals surface area (Å²) in [7, 11) is 0. The molecule has 5 rings (SSSR count). The number of hydrogen-bond donors (Lipinski definition) is 1. The molecule has 4 heteroatoms. The fourth-order valence-electron chi connectivity index (χ4n) is 4.15. The van der Waals surface area contributed by atoms with Gasteiger partial charge in [0.2, 0.25) is 0 Å². The van der Waals surface area contributed by atoms with Crippen LogP contribution in [0.4, 0.5) is 0 Å². The maximum Gasteiger partial charge on any atom is 0.267 e. The zero-order chi connectivity index (χ0) is 19.8. The van der Waals surface area contributed by atoms with Crippen LogP contribution < -0.4 is 4.73 Å². The summed E-state index contributed by atoms with van der Waals surface area (Å²) in [5, 5.41) is 14.0. The molecule has 0 saturated carbocycles. The summed E-state index contributed by atoms with van der Waals surface area (Å²) < 4.78 is 3.55. The van der Waals surface area contributed by atoms with Crippen LogP contribution in [-0.4, -0.2) is 14.8 Å². The molecule has 0 aliphatic heterocycles. The Bertz CT molecular complexity index is 1320. The minimum Gasteiger partial charge on any atom is -0.323 e. The van der Waals surface area contributed by atoms with Crippen molar-refractivity contribution in [3.05, 3.63) is 84.3 Å². The van der Waals surface area contributed by atoms with Gasteiger partial charge in [-0.15, -0.1) is 0 Å². The number of rotatable bonds is 5. The van der Waals surface area contributed by atoms with Crippen molar-refractivity contribution in [1.82, 2.24) is 9.55 Å². The molecule has 0 bridgehead atoms. The normalized spacial score (nSPS) is 11.6. The van der Waals surface area contributed by atoms with E-state index in [2.05, 4.69) is 66.1 Å². The van der Waals surface area contributed by atoms with Crippen molar-refractivity contribution >= 4 is 32.7 Å². The first-order valence-corrected chi connectivity index (χ1v) is 10.2. The number of aromatic nitrogens is 3. The monoisotopic (exact) mass is 382 g/mol. The fraction of sp³-hybridized carbons (Fsp3) is 0.200. The second-order valence-corrected chi connectivity index (χ2v) is 7.63. The van der Waals surface area contributed by atoms with Crippen molar-refractivity contribution in [3.63, 3.8) is 0 Å². The van der Waals surface area contributed by atoms with Gasteiger partial charge in [0.15, 0.2) is 5.52 Å². The zero-order valence-electron chi connectivity index (χ0n) is 16.5. The predicted octanol–water partition coefficient (Wildman–Crippen LogP) is 5.26. The molecule has 2 aromatic heterocycles. The van der Waals surface area contributed by atoms with Crippen LogP contribution in [0, 0.1) is 0 Å². The Hall–Kier alpha value is -3.40. The molecule has 0 atom stereocenters. The number of benzene rings is 3. The van der Waals surface area contributed by atoms with Gasteiger partial charge in [-0.05, 0) is 28.8 Å². The minimum atomic E-state index is 0.772. The van der Waals surface area contributed by atoms with Crippen molar-refractivity contribution in [2.24, 2.45) is 0 Å². The molecule has 0 spiro atoms. The molecular formula is C25H24N3O+. The third kappa shape index (κ3) is 3.11. The van der Waals surface area contributed by atoms with Crippen molar-refractivity contribution in [2.75, 3.05) is 0 Å². The predicted molar refractivity (Wildman–Crippen MR) is 116 cm³/mol. The number of nitrogens with zero attached hydrogens (tertiary/aromatic N) is 3. The zero-order valence-corrected chi connectivity index (χ0v) is 16.5. The first-order valence-electron chi connectivity index (χ1n) is 10.2. The summed E-state index contributed by atoms with van der Waals surface area (Å²) in [6.07, 6.45) is 4.89. The van der Waals surface area contributed by atoms with E-state index in [4.69, 9.17) is 4.98 Å². The lowest BCUT2D eigenvalue weighted by atomic mass is 10.1.